The van der Waals surface area contributed by atoms with Crippen LogP contribution in [0, 0.1) is 58.2 Å². The fourth-order valence-electron chi connectivity index (χ4n) is 4.25. The normalized spacial score (nSPS) is 19.6. The van der Waals surface area contributed by atoms with Crippen LogP contribution >= 0.6 is 0 Å². The zero-order valence-corrected chi connectivity index (χ0v) is 24.7. The lowest BCUT2D eigenvalue weighted by molar-refractivity contribution is -0.0617. The summed E-state index contributed by atoms with van der Waals surface area (Å²) in [6.07, 6.45) is -1.56. The van der Waals surface area contributed by atoms with Crippen molar-refractivity contribution in [3.05, 3.63) is 117 Å². The summed E-state index contributed by atoms with van der Waals surface area (Å²) in [6, 6.07) is 5.58. The first-order valence-corrected chi connectivity index (χ1v) is 15.6. The van der Waals surface area contributed by atoms with Gasteiger partial charge in [0.05, 0.1) is 0 Å². The van der Waals surface area contributed by atoms with Crippen molar-refractivity contribution >= 4 is 21.8 Å². The van der Waals surface area contributed by atoms with Gasteiger partial charge in [-0.25, -0.2) is 43.9 Å². The van der Waals surface area contributed by atoms with Crippen LogP contribution in [0.4, 0.5) is 65.9 Å². The Bertz CT molecular complexity index is 1670. The molecule has 0 amide bonds. The number of alkyl halides is 1. The number of halogens is 15. The second kappa shape index (κ2) is 13.6. The van der Waals surface area contributed by atoms with E-state index in [-0.39, 0.29) is 5.56 Å². The quantitative estimate of drug-likeness (QED) is 0.0908. The zero-order chi connectivity index (χ0) is 36.0. The summed E-state index contributed by atoms with van der Waals surface area (Å²) in [4.78, 5) is 0. The molecule has 21 heteroatoms. The summed E-state index contributed by atoms with van der Waals surface area (Å²) in [6.45, 7) is 0. The Morgan fingerprint density at radius 2 is 0.896 bits per heavy atom. The molecule has 0 atom stereocenters. The van der Waals surface area contributed by atoms with Crippen LogP contribution in [-0.4, -0.2) is 33.3 Å². The zero-order valence-electron chi connectivity index (χ0n) is 23.6. The van der Waals surface area contributed by atoms with Crippen LogP contribution in [0.1, 0.15) is 5.56 Å². The van der Waals surface area contributed by atoms with Gasteiger partial charge in [-0.1, -0.05) is 41.9 Å². The van der Waals surface area contributed by atoms with Crippen LogP contribution in [0.25, 0.3) is 0 Å². The Morgan fingerprint density at radius 3 is 1.25 bits per heavy atom. The van der Waals surface area contributed by atoms with E-state index in [9.17, 15) is 43.9 Å². The monoisotopic (exact) mass is 724 g/mol. The predicted molar refractivity (Wildman–Crippen MR) is 134 cm³/mol. The van der Waals surface area contributed by atoms with Crippen molar-refractivity contribution in [2.24, 2.45) is 0 Å². The lowest BCUT2D eigenvalue weighted by Crippen LogP contribution is -2.52. The minimum atomic E-state index is -4.60. The van der Waals surface area contributed by atoms with Crippen LogP contribution in [0.2, 0.25) is 11.6 Å². The molecule has 0 aromatic heterocycles. The van der Waals surface area contributed by atoms with Crippen molar-refractivity contribution in [1.29, 1.82) is 0 Å². The van der Waals surface area contributed by atoms with Crippen LogP contribution in [-0.2, 0) is 14.9 Å². The van der Waals surface area contributed by atoms with Gasteiger partial charge in [-0.05, 0) is 5.56 Å². The number of hydrogen-bond acceptors (Lipinski definition) is 4. The maximum absolute atomic E-state index is 16.0. The molecule has 0 aliphatic heterocycles. The first-order valence-electron chi connectivity index (χ1n) is 12.9. The van der Waals surface area contributed by atoms with E-state index >= 15 is 22.0 Å². The maximum atomic E-state index is 16.0. The molecule has 4 rings (SSSR count). The van der Waals surface area contributed by atoms with Crippen molar-refractivity contribution < 1.29 is 83.6 Å². The molecule has 0 saturated carbocycles. The molecular weight excluding hydrogens is 711 g/mol. The highest BCUT2D eigenvalue weighted by Crippen LogP contribution is 2.52. The minimum Gasteiger partial charge on any atom is -0.496 e. The van der Waals surface area contributed by atoms with Crippen LogP contribution < -0.4 is 9.31 Å². The van der Waals surface area contributed by atoms with Crippen LogP contribution in [0.5, 0.6) is 11.5 Å². The molecule has 1 aliphatic carbocycles. The summed E-state index contributed by atoms with van der Waals surface area (Å²) in [5.74, 6) is -47.3. The van der Waals surface area contributed by atoms with Gasteiger partial charge < -0.3 is 17.8 Å². The summed E-state index contributed by atoms with van der Waals surface area (Å²) >= 11 is -2.94. The van der Waals surface area contributed by atoms with E-state index in [1.807, 2.05) is 0 Å². The first kappa shape index (κ1) is 37.0. The van der Waals surface area contributed by atoms with E-state index in [1.165, 1.54) is 6.07 Å². The molecule has 0 heterocycles. The van der Waals surface area contributed by atoms with Crippen molar-refractivity contribution in [1.82, 2.24) is 0 Å². The van der Waals surface area contributed by atoms with Gasteiger partial charge in [0, 0.05) is 6.42 Å². The molecule has 0 spiro atoms. The summed E-state index contributed by atoms with van der Waals surface area (Å²) in [5, 5.41) is 0. The smallest absolute Gasteiger partial charge is 0.496 e. The van der Waals surface area contributed by atoms with E-state index in [2.05, 4.69) is 13.1 Å². The average molecular weight is 724 g/mol. The molecule has 3 aromatic rings. The molecule has 0 saturated heterocycles. The van der Waals surface area contributed by atoms with Gasteiger partial charge in [-0.2, -0.15) is 22.0 Å². The Labute approximate surface area is 263 Å². The van der Waals surface area contributed by atoms with Gasteiger partial charge in [-0.15, -0.1) is 0 Å². The van der Waals surface area contributed by atoms with Crippen molar-refractivity contribution in [3.63, 3.8) is 0 Å². The van der Waals surface area contributed by atoms with Crippen molar-refractivity contribution in [3.8, 4) is 11.5 Å². The Balaban J connectivity index is 2.01. The second-order valence-electron chi connectivity index (χ2n) is 9.95. The molecule has 4 nitrogen and oxygen atoms in total. The van der Waals surface area contributed by atoms with Crippen LogP contribution in [0.3, 0.4) is 0 Å². The molecule has 3 aromatic carbocycles. The third-order valence-electron chi connectivity index (χ3n) is 6.42. The fourth-order valence-corrected chi connectivity index (χ4v) is 5.10. The Kier molecular flexibility index (Phi) is 10.5. The largest absolute Gasteiger partial charge is 0.789 e. The van der Waals surface area contributed by atoms with Gasteiger partial charge in [-0.3, -0.25) is 0 Å². The van der Waals surface area contributed by atoms with Crippen LogP contribution in [0.15, 0.2) is 53.6 Å². The first-order chi connectivity index (χ1) is 22.3. The molecule has 0 fully saturated rings. The SMILES string of the molecule is [CH3][Al]([CH3])[O]C1(F)C(F)=C(F)C(Cc2ccccc2)(OB(Oc2c(F)c(F)c(F)c(F)c2F)Oc2c(F)c(F)c(F)c(F)c2F)C(F)=C1F. The Hall–Kier alpha value is -3.79. The summed E-state index contributed by atoms with van der Waals surface area (Å²) in [5.41, 5.74) is -4.56. The molecule has 1 aliphatic rings. The van der Waals surface area contributed by atoms with E-state index in [0.29, 0.717) is 0 Å². The maximum Gasteiger partial charge on any atom is 0.789 e. The minimum absolute atomic E-state index is 0.389. The molecule has 0 unspecified atom stereocenters. The van der Waals surface area contributed by atoms with E-state index in [0.717, 1.165) is 35.8 Å². The highest BCUT2D eigenvalue weighted by Gasteiger charge is 2.62. The molecule has 0 radical (unpaired) electrons. The third-order valence-corrected chi connectivity index (χ3v) is 7.21. The standard InChI is InChI=1S/C25H7BF15O4.2CH3.Al/c27-8-10(29)14(33)18(15(34)11(8)30)43-26(44-19-16(35)12(31)9(28)13(32)17(19)36)45-24(6-7-4-2-1-3-5-7)20(37)22(39)25(41,42)23(40)21(24)38;;;/h1-5H,6H2;2*1H3;/q-1;;;+1. The van der Waals surface area contributed by atoms with Gasteiger partial charge >= 0.3 is 21.8 Å². The van der Waals surface area contributed by atoms with Gasteiger partial charge in [0.15, 0.2) is 28.8 Å². The Morgan fingerprint density at radius 1 is 0.542 bits per heavy atom. The summed E-state index contributed by atoms with van der Waals surface area (Å²) < 4.78 is 237. The highest BCUT2D eigenvalue weighted by molar-refractivity contribution is 6.48. The molecule has 0 bridgehead atoms. The van der Waals surface area contributed by atoms with Crippen molar-refractivity contribution in [2.75, 3.05) is 0 Å². The predicted octanol–water partition coefficient (Wildman–Crippen LogP) is 8.77. The highest BCUT2D eigenvalue weighted by atomic mass is 27.2. The topological polar surface area (TPSA) is 36.9 Å². The van der Waals surface area contributed by atoms with E-state index in [4.69, 9.17) is 4.65 Å². The van der Waals surface area contributed by atoms with Crippen molar-refractivity contribution in [2.45, 2.75) is 29.4 Å². The average Bonchev–Trinajstić information content (AvgIpc) is 3.06. The number of benzene rings is 3. The number of rotatable bonds is 10. The lowest BCUT2D eigenvalue weighted by Gasteiger charge is -2.39. The van der Waals surface area contributed by atoms with Gasteiger partial charge in [0.1, 0.15) is 0 Å². The molecular formula is C27H13AlBF15O4. The molecule has 0 N–H and O–H groups in total. The van der Waals surface area contributed by atoms with Gasteiger partial charge in [0.2, 0.25) is 69.8 Å². The fraction of sp³-hybridized carbons (Fsp3) is 0.185. The second-order valence-corrected chi connectivity index (χ2v) is 12.3. The van der Waals surface area contributed by atoms with E-state index in [1.54, 1.807) is 0 Å². The molecule has 256 valence electrons. The number of hydrogen-bond donors (Lipinski definition) is 0. The summed E-state index contributed by atoms with van der Waals surface area (Å²) in [7, 11) is -3.85. The lowest BCUT2D eigenvalue weighted by atomic mass is 9.84. The third kappa shape index (κ3) is 6.24. The van der Waals surface area contributed by atoms with E-state index < -0.39 is 133 Å². The van der Waals surface area contributed by atoms with Gasteiger partial charge in [0.25, 0.3) is 5.85 Å². The molecule has 48 heavy (non-hydrogen) atoms.